The largest absolute Gasteiger partial charge is 0.337 e. The predicted molar refractivity (Wildman–Crippen MR) is 132 cm³/mol. The maximum absolute atomic E-state index is 13.1. The van der Waals surface area contributed by atoms with E-state index < -0.39 is 0 Å². The lowest BCUT2D eigenvalue weighted by molar-refractivity contribution is 0.0751. The molecule has 2 heterocycles. The van der Waals surface area contributed by atoms with Crippen LogP contribution in [-0.2, 0) is 0 Å². The summed E-state index contributed by atoms with van der Waals surface area (Å²) in [5.41, 5.74) is 3.01. The lowest BCUT2D eigenvalue weighted by atomic mass is 9.62. The fourth-order valence-electron chi connectivity index (χ4n) is 5.73. The van der Waals surface area contributed by atoms with Crippen LogP contribution in [0.4, 0.5) is 9.59 Å². The fraction of sp³-hybridized carbons (Fsp3) is 0.385. The van der Waals surface area contributed by atoms with E-state index in [4.69, 9.17) is 0 Å². The fourth-order valence-corrected chi connectivity index (χ4v) is 5.73. The number of para-hydroxylation sites is 4. The third kappa shape index (κ3) is 4.27. The quantitative estimate of drug-likeness (QED) is 0.462. The third-order valence-corrected chi connectivity index (χ3v) is 6.78. The number of rotatable bonds is 3. The molecule has 0 aliphatic heterocycles. The zero-order valence-corrected chi connectivity index (χ0v) is 19.8. The van der Waals surface area contributed by atoms with Crippen LogP contribution in [0.15, 0.2) is 61.2 Å². The van der Waals surface area contributed by atoms with E-state index >= 15 is 0 Å². The molecule has 8 nitrogen and oxygen atoms in total. The van der Waals surface area contributed by atoms with Crippen molar-refractivity contribution < 1.29 is 9.59 Å². The van der Waals surface area contributed by atoms with Gasteiger partial charge in [0.1, 0.15) is 12.7 Å². The van der Waals surface area contributed by atoms with Crippen molar-refractivity contribution in [1.29, 1.82) is 0 Å². The highest BCUT2D eigenvalue weighted by atomic mass is 16.2. The van der Waals surface area contributed by atoms with Gasteiger partial charge in [-0.2, -0.15) is 0 Å². The lowest BCUT2D eigenvalue weighted by Gasteiger charge is -2.46. The summed E-state index contributed by atoms with van der Waals surface area (Å²) < 4.78 is 3.12. The highest BCUT2D eigenvalue weighted by Gasteiger charge is 2.42. The monoisotopic (exact) mass is 458 g/mol. The number of imidazole rings is 2. The Balaban J connectivity index is 1.29. The first kappa shape index (κ1) is 22.1. The second-order valence-corrected chi connectivity index (χ2v) is 10.6. The zero-order valence-electron chi connectivity index (χ0n) is 19.8. The minimum atomic E-state index is -0.191. The lowest BCUT2D eigenvalue weighted by Crippen LogP contribution is -2.51. The Hall–Kier alpha value is -3.68. The number of aromatic nitrogens is 4. The van der Waals surface area contributed by atoms with E-state index in [0.717, 1.165) is 41.3 Å². The molecule has 2 aromatic carbocycles. The van der Waals surface area contributed by atoms with Crippen LogP contribution < -0.4 is 10.6 Å². The van der Waals surface area contributed by atoms with Gasteiger partial charge < -0.3 is 10.6 Å². The van der Waals surface area contributed by atoms with Crippen molar-refractivity contribution in [3.8, 4) is 0 Å². The number of hydrogen-bond donors (Lipinski definition) is 2. The van der Waals surface area contributed by atoms with Gasteiger partial charge in [-0.05, 0) is 54.4 Å². The first-order chi connectivity index (χ1) is 16.2. The molecular formula is C26H30N6O2. The Labute approximate surface area is 198 Å². The van der Waals surface area contributed by atoms with Gasteiger partial charge in [0.05, 0.1) is 22.1 Å². The summed E-state index contributed by atoms with van der Waals surface area (Å²) in [5, 5.41) is 6.33. The van der Waals surface area contributed by atoms with Gasteiger partial charge >= 0.3 is 12.1 Å². The van der Waals surface area contributed by atoms with E-state index in [2.05, 4.69) is 41.4 Å². The van der Waals surface area contributed by atoms with Crippen molar-refractivity contribution in [2.24, 2.45) is 10.8 Å². The van der Waals surface area contributed by atoms with Crippen LogP contribution in [0.25, 0.3) is 22.1 Å². The van der Waals surface area contributed by atoms with Crippen molar-refractivity contribution in [3.05, 3.63) is 61.2 Å². The van der Waals surface area contributed by atoms with Gasteiger partial charge in [0.15, 0.2) is 0 Å². The third-order valence-electron chi connectivity index (χ3n) is 6.78. The van der Waals surface area contributed by atoms with Crippen LogP contribution in [0.1, 0.15) is 40.0 Å². The maximum Gasteiger partial charge on any atom is 0.327 e. The summed E-state index contributed by atoms with van der Waals surface area (Å²) in [6, 6.07) is 14.8. The molecule has 0 saturated heterocycles. The van der Waals surface area contributed by atoms with E-state index in [9.17, 15) is 9.59 Å². The molecule has 1 fully saturated rings. The molecular weight excluding hydrogens is 428 g/mol. The molecule has 1 saturated carbocycles. The first-order valence-electron chi connectivity index (χ1n) is 11.7. The van der Waals surface area contributed by atoms with Crippen molar-refractivity contribution >= 4 is 34.1 Å². The molecule has 5 rings (SSSR count). The minimum absolute atomic E-state index is 0.00612. The van der Waals surface area contributed by atoms with E-state index in [1.54, 1.807) is 21.8 Å². The number of carbonyl (C=O) groups is 2. The molecule has 34 heavy (non-hydrogen) atoms. The Morgan fingerprint density at radius 1 is 0.882 bits per heavy atom. The topological polar surface area (TPSA) is 93.8 Å². The van der Waals surface area contributed by atoms with Crippen molar-refractivity contribution in [2.75, 3.05) is 6.54 Å². The van der Waals surface area contributed by atoms with Gasteiger partial charge in [-0.3, -0.25) is 9.13 Å². The molecule has 4 aromatic rings. The highest BCUT2D eigenvalue weighted by Crippen LogP contribution is 2.45. The molecule has 2 aromatic heterocycles. The second kappa shape index (κ2) is 8.27. The molecule has 2 atom stereocenters. The van der Waals surface area contributed by atoms with Gasteiger partial charge in [0.25, 0.3) is 0 Å². The molecule has 0 spiro atoms. The highest BCUT2D eigenvalue weighted by molar-refractivity contribution is 5.90. The number of hydrogen-bond acceptors (Lipinski definition) is 4. The molecule has 0 radical (unpaired) electrons. The summed E-state index contributed by atoms with van der Waals surface area (Å²) in [4.78, 5) is 34.7. The number of benzene rings is 2. The van der Waals surface area contributed by atoms with E-state index in [-0.39, 0.29) is 28.9 Å². The predicted octanol–water partition coefficient (Wildman–Crippen LogP) is 4.79. The molecule has 0 bridgehead atoms. The number of nitrogens with zero attached hydrogens (tertiary/aromatic N) is 4. The average Bonchev–Trinajstić information content (AvgIpc) is 3.41. The Bertz CT molecular complexity index is 1370. The smallest absolute Gasteiger partial charge is 0.327 e. The van der Waals surface area contributed by atoms with Gasteiger partial charge in [-0.25, -0.2) is 19.6 Å². The minimum Gasteiger partial charge on any atom is -0.337 e. The first-order valence-corrected chi connectivity index (χ1v) is 11.7. The number of fused-ring (bicyclic) bond motifs is 2. The normalized spacial score (nSPS) is 22.0. The molecule has 2 N–H and O–H groups in total. The number of amides is 2. The van der Waals surface area contributed by atoms with Gasteiger partial charge in [-0.1, -0.05) is 45.0 Å². The summed E-state index contributed by atoms with van der Waals surface area (Å²) >= 11 is 0. The Morgan fingerprint density at radius 2 is 1.44 bits per heavy atom. The van der Waals surface area contributed by atoms with E-state index in [1.165, 1.54) is 0 Å². The molecule has 176 valence electrons. The van der Waals surface area contributed by atoms with Gasteiger partial charge in [-0.15, -0.1) is 0 Å². The Kier molecular flexibility index (Phi) is 5.38. The summed E-state index contributed by atoms with van der Waals surface area (Å²) in [6.07, 6.45) is 5.74. The van der Waals surface area contributed by atoms with Crippen LogP contribution in [-0.4, -0.2) is 43.8 Å². The molecule has 1 aliphatic rings. The SMILES string of the molecule is CC1(C)CC(NC(=O)n2cnc3ccccc32)CC(C)(CNC(=O)n2cnc3ccccc32)C1. The number of carbonyl (C=O) groups excluding carboxylic acids is 2. The standard InChI is InChI=1S/C26H30N6O2/c1-25(2)12-18(30-24(34)32-17-29-20-9-5-7-11-22(20)32)13-26(3,14-25)15-27-23(33)31-16-28-19-8-4-6-10-21(19)31/h4-11,16-18H,12-15H2,1-3H3,(H,27,33)(H,30,34). The number of nitrogens with one attached hydrogen (secondary N) is 2. The van der Waals surface area contributed by atoms with Crippen LogP contribution in [0.5, 0.6) is 0 Å². The Morgan fingerprint density at radius 3 is 2.06 bits per heavy atom. The van der Waals surface area contributed by atoms with Crippen LogP contribution in [0.2, 0.25) is 0 Å². The molecule has 2 unspecified atom stereocenters. The van der Waals surface area contributed by atoms with Crippen molar-refractivity contribution in [1.82, 2.24) is 29.7 Å². The van der Waals surface area contributed by atoms with Crippen LogP contribution in [0, 0.1) is 10.8 Å². The molecule has 2 amide bonds. The van der Waals surface area contributed by atoms with Gasteiger partial charge in [0, 0.05) is 12.6 Å². The van der Waals surface area contributed by atoms with Crippen molar-refractivity contribution in [2.45, 2.75) is 46.1 Å². The van der Waals surface area contributed by atoms with E-state index in [1.807, 2.05) is 48.5 Å². The van der Waals surface area contributed by atoms with Crippen molar-refractivity contribution in [3.63, 3.8) is 0 Å². The second-order valence-electron chi connectivity index (χ2n) is 10.6. The maximum atomic E-state index is 13.1. The zero-order chi connectivity index (χ0) is 23.9. The average molecular weight is 459 g/mol. The molecule has 8 heteroatoms. The molecule has 1 aliphatic carbocycles. The van der Waals surface area contributed by atoms with E-state index in [0.29, 0.717) is 6.54 Å². The van der Waals surface area contributed by atoms with Crippen LogP contribution in [0.3, 0.4) is 0 Å². The van der Waals surface area contributed by atoms with Crippen LogP contribution >= 0.6 is 0 Å². The summed E-state index contributed by atoms with van der Waals surface area (Å²) in [7, 11) is 0. The summed E-state index contributed by atoms with van der Waals surface area (Å²) in [5.74, 6) is 0. The summed E-state index contributed by atoms with van der Waals surface area (Å²) in [6.45, 7) is 7.15. The van der Waals surface area contributed by atoms with Gasteiger partial charge in [0.2, 0.25) is 0 Å².